The number of benzene rings is 20. The van der Waals surface area contributed by atoms with Gasteiger partial charge in [-0.25, -0.2) is 0 Å². The Kier molecular flexibility index (Phi) is 18.7. The maximum atomic E-state index is 2.52. The Morgan fingerprint density at radius 2 is 0.343 bits per heavy atom. The number of anilines is 6. The molecule has 2 heteroatoms. The zero-order chi connectivity index (χ0) is 93.2. The second-order valence-corrected chi connectivity index (χ2v) is 42.1. The van der Waals surface area contributed by atoms with Crippen molar-refractivity contribution in [2.24, 2.45) is 0 Å². The molecular formula is C135H108N2. The summed E-state index contributed by atoms with van der Waals surface area (Å²) in [6.45, 7) is 33.1. The lowest BCUT2D eigenvalue weighted by Gasteiger charge is -2.33. The van der Waals surface area contributed by atoms with Crippen LogP contribution in [0.1, 0.15) is 147 Å². The van der Waals surface area contributed by atoms with E-state index in [1.807, 2.05) is 0 Å². The molecule has 5 aliphatic carbocycles. The first-order chi connectivity index (χ1) is 66.3. The fourth-order valence-electron chi connectivity index (χ4n) is 25.2. The number of nitrogens with zero attached hydrogens (tertiary/aromatic N) is 2. The van der Waals surface area contributed by atoms with Crippen LogP contribution in [0.2, 0.25) is 0 Å². The highest BCUT2D eigenvalue weighted by molar-refractivity contribution is 6.23. The zero-order valence-electron chi connectivity index (χ0n) is 80.5. The molecular weight excluding hydrogens is 1650 g/mol. The van der Waals surface area contributed by atoms with E-state index in [0.29, 0.717) is 0 Å². The van der Waals surface area contributed by atoms with E-state index in [-0.39, 0.29) is 27.1 Å². The first-order valence-corrected chi connectivity index (χ1v) is 48.9. The van der Waals surface area contributed by atoms with Crippen molar-refractivity contribution in [1.29, 1.82) is 0 Å². The standard InChI is InChI=1S/C135H108N2/c1-81-70-97(95-56-67-110-108-65-54-93(76-122(108)134(11,12)124(110)78-95)91-52-63-106-103-30-22-25-37-117(103)131(5,6)120(106)74-91)71-82(2)127(81)89-44-40-85(41-45-89)87-48-58-100(59-49-87)136(129-113-33-18-20-35-115(113)130(116-36-21-19-34-114(116)129)137(99-28-16-15-17-29-99)102-62-69-112-105-32-24-27-39-119(105)133(9,10)126(112)80-102)101-60-50-88(51-61-101)86-42-46-90(47-43-86)128-83(3)72-98(73-84(128)4)96-57-68-111-109-66-55-94(77-123(109)135(13,14)125(111)79-96)92-53-64-107-104-31-23-26-38-118(104)132(7,8)121(107)75-92/h15-80H,1-14H3. The van der Waals surface area contributed by atoms with Crippen LogP contribution in [0.25, 0.3) is 166 Å². The first-order valence-electron chi connectivity index (χ1n) is 48.9. The number of hydrogen-bond donors (Lipinski definition) is 0. The van der Waals surface area contributed by atoms with Crippen LogP contribution in [0.3, 0.4) is 0 Å². The summed E-state index contributed by atoms with van der Waals surface area (Å²) in [5.41, 5.74) is 57.9. The maximum Gasteiger partial charge on any atom is 0.0619 e. The quantitative estimate of drug-likeness (QED) is 0.0791. The van der Waals surface area contributed by atoms with Crippen molar-refractivity contribution in [2.75, 3.05) is 9.80 Å². The van der Waals surface area contributed by atoms with E-state index >= 15 is 0 Å². The van der Waals surface area contributed by atoms with Crippen molar-refractivity contribution >= 4 is 55.7 Å². The van der Waals surface area contributed by atoms with Gasteiger partial charge in [0.15, 0.2) is 0 Å². The van der Waals surface area contributed by atoms with Crippen LogP contribution in [0.15, 0.2) is 400 Å². The summed E-state index contributed by atoms with van der Waals surface area (Å²) in [6.07, 6.45) is 0. The Labute approximate surface area is 806 Å². The predicted molar refractivity (Wildman–Crippen MR) is 581 cm³/mol. The minimum absolute atomic E-state index is 0.0550. The van der Waals surface area contributed by atoms with Crippen LogP contribution in [-0.4, -0.2) is 0 Å². The number of rotatable bonds is 14. The first kappa shape index (κ1) is 83.4. The molecule has 20 aromatic carbocycles. The fraction of sp³-hybridized carbons (Fsp3) is 0.141. The average Bonchev–Trinajstić information content (AvgIpc) is 1.72. The Morgan fingerprint density at radius 3 is 0.642 bits per heavy atom. The molecule has 0 spiro atoms. The molecule has 0 atom stereocenters. The molecule has 5 aliphatic rings. The van der Waals surface area contributed by atoms with Gasteiger partial charge in [0.2, 0.25) is 0 Å². The van der Waals surface area contributed by atoms with Crippen molar-refractivity contribution in [1.82, 2.24) is 0 Å². The highest BCUT2D eigenvalue weighted by atomic mass is 15.2. The van der Waals surface area contributed by atoms with Crippen molar-refractivity contribution < 1.29 is 0 Å². The molecule has 0 saturated carbocycles. The van der Waals surface area contributed by atoms with Gasteiger partial charge in [0, 0.05) is 71.4 Å². The zero-order valence-corrected chi connectivity index (χ0v) is 80.5. The van der Waals surface area contributed by atoms with E-state index < -0.39 is 0 Å². The summed E-state index contributed by atoms with van der Waals surface area (Å²) in [4.78, 5) is 5.03. The Balaban J connectivity index is 0.525. The summed E-state index contributed by atoms with van der Waals surface area (Å²) in [7, 11) is 0. The topological polar surface area (TPSA) is 6.48 Å². The van der Waals surface area contributed by atoms with Crippen LogP contribution < -0.4 is 9.80 Å². The fourth-order valence-corrected chi connectivity index (χ4v) is 25.2. The van der Waals surface area contributed by atoms with Crippen LogP contribution in [-0.2, 0) is 27.1 Å². The maximum absolute atomic E-state index is 2.52. The number of hydrogen-bond acceptors (Lipinski definition) is 2. The molecule has 0 heterocycles. The van der Waals surface area contributed by atoms with Gasteiger partial charge in [-0.1, -0.05) is 385 Å². The van der Waals surface area contributed by atoms with E-state index in [0.717, 1.165) is 77.9 Å². The Hall–Kier alpha value is -15.5. The van der Waals surface area contributed by atoms with Gasteiger partial charge in [-0.15, -0.1) is 0 Å². The van der Waals surface area contributed by atoms with Gasteiger partial charge >= 0.3 is 0 Å². The van der Waals surface area contributed by atoms with Crippen molar-refractivity contribution in [3.63, 3.8) is 0 Å². The summed E-state index contributed by atoms with van der Waals surface area (Å²) in [5.74, 6) is 0. The molecule has 20 aromatic rings. The molecule has 0 radical (unpaired) electrons. The van der Waals surface area contributed by atoms with Crippen molar-refractivity contribution in [3.05, 3.63) is 478 Å². The lowest BCUT2D eigenvalue weighted by Crippen LogP contribution is -2.17. The van der Waals surface area contributed by atoms with Gasteiger partial charge in [-0.3, -0.25) is 0 Å². The molecule has 2 nitrogen and oxygen atoms in total. The van der Waals surface area contributed by atoms with Gasteiger partial charge in [0.25, 0.3) is 0 Å². The average molecular weight is 1760 g/mol. The van der Waals surface area contributed by atoms with Gasteiger partial charge in [-0.2, -0.15) is 0 Å². The largest absolute Gasteiger partial charge is 0.309 e. The molecule has 0 unspecified atom stereocenters. The normalized spacial score (nSPS) is 14.5. The van der Waals surface area contributed by atoms with E-state index in [4.69, 9.17) is 0 Å². The summed E-state index contributed by atoms with van der Waals surface area (Å²) >= 11 is 0. The van der Waals surface area contributed by atoms with Gasteiger partial charge < -0.3 is 9.80 Å². The molecule has 0 bridgehead atoms. The van der Waals surface area contributed by atoms with Crippen LogP contribution >= 0.6 is 0 Å². The second-order valence-electron chi connectivity index (χ2n) is 42.1. The lowest BCUT2D eigenvalue weighted by atomic mass is 9.80. The summed E-state index contributed by atoms with van der Waals surface area (Å²) in [5, 5.41) is 4.59. The smallest absolute Gasteiger partial charge is 0.0619 e. The third-order valence-electron chi connectivity index (χ3n) is 32.3. The van der Waals surface area contributed by atoms with Crippen LogP contribution in [0, 0.1) is 27.7 Å². The van der Waals surface area contributed by atoms with Crippen LogP contribution in [0.5, 0.6) is 0 Å². The molecule has 658 valence electrons. The summed E-state index contributed by atoms with van der Waals surface area (Å²) < 4.78 is 0. The van der Waals surface area contributed by atoms with Crippen molar-refractivity contribution in [2.45, 2.75) is 124 Å². The predicted octanol–water partition coefficient (Wildman–Crippen LogP) is 37.0. The molecule has 0 amide bonds. The van der Waals surface area contributed by atoms with E-state index in [9.17, 15) is 0 Å². The number of fused-ring (bicyclic) bond motifs is 17. The van der Waals surface area contributed by atoms with Crippen LogP contribution in [0.4, 0.5) is 34.1 Å². The second kappa shape index (κ2) is 30.8. The highest BCUT2D eigenvalue weighted by Gasteiger charge is 2.43. The van der Waals surface area contributed by atoms with E-state index in [2.05, 4.69) is 507 Å². The number of para-hydroxylation sites is 1. The minimum Gasteiger partial charge on any atom is -0.309 e. The Bertz CT molecular complexity index is 8010. The third-order valence-corrected chi connectivity index (χ3v) is 32.3. The van der Waals surface area contributed by atoms with Gasteiger partial charge in [0.1, 0.15) is 0 Å². The number of aryl methyl sites for hydroxylation is 4. The van der Waals surface area contributed by atoms with Crippen molar-refractivity contribution in [3.8, 4) is 145 Å². The summed E-state index contributed by atoms with van der Waals surface area (Å²) in [6, 6.07) is 153. The lowest BCUT2D eigenvalue weighted by molar-refractivity contribution is 0.659. The molecule has 0 fully saturated rings. The highest BCUT2D eigenvalue weighted by Crippen LogP contribution is 2.60. The van der Waals surface area contributed by atoms with E-state index in [1.54, 1.807) is 0 Å². The molecule has 0 saturated heterocycles. The SMILES string of the molecule is Cc1cc(-c2ccc3c(c2)C(C)(C)c2cc(-c4ccc5c(c4)C(C)(C)c4ccccc4-5)ccc2-3)cc(C)c1-c1ccc(-c2ccc(N(c3ccc(-c4ccc(-c5c(C)cc(-c6ccc7c(c6)C(C)(C)c6cc(-c8ccc9c(c8)C(C)(C)c8ccccc8-9)ccc6-7)cc5C)cc4)cc3)c3c4ccccc4c(N(c4ccccc4)c4ccc5c(c4)C(C)(C)c4ccccc4-5)c4ccccc34)cc2)cc1. The third kappa shape index (κ3) is 12.9. The molecule has 0 N–H and O–H groups in total. The van der Waals surface area contributed by atoms with Gasteiger partial charge in [0.05, 0.1) is 11.4 Å². The Morgan fingerprint density at radius 1 is 0.146 bits per heavy atom. The molecule has 0 aliphatic heterocycles. The van der Waals surface area contributed by atoms with Gasteiger partial charge in [-0.05, 0) is 335 Å². The minimum atomic E-state index is -0.194. The monoisotopic (exact) mass is 1760 g/mol. The molecule has 0 aromatic heterocycles. The molecule has 25 rings (SSSR count). The molecule has 137 heavy (non-hydrogen) atoms. The van der Waals surface area contributed by atoms with E-state index in [1.165, 1.54) is 200 Å².